The van der Waals surface area contributed by atoms with Crippen LogP contribution >= 0.6 is 0 Å². The second kappa shape index (κ2) is 8.17. The molecule has 6 heteroatoms. The first-order chi connectivity index (χ1) is 10.6. The fourth-order valence-electron chi connectivity index (χ4n) is 2.59. The van der Waals surface area contributed by atoms with Crippen LogP contribution in [0.15, 0.2) is 35.2 Å². The van der Waals surface area contributed by atoms with Gasteiger partial charge in [-0.15, -0.1) is 0 Å². The number of likely N-dealkylation sites (tertiary alicyclic amines) is 1. The molecule has 1 N–H and O–H groups in total. The van der Waals surface area contributed by atoms with Crippen LogP contribution in [0.1, 0.15) is 32.1 Å². The van der Waals surface area contributed by atoms with Crippen LogP contribution in [-0.2, 0) is 9.84 Å². The molecule has 0 bridgehead atoms. The first-order valence-corrected chi connectivity index (χ1v) is 9.55. The lowest BCUT2D eigenvalue weighted by molar-refractivity contribution is 0.200. The molecule has 0 atom stereocenters. The molecule has 5 nitrogen and oxygen atoms in total. The highest BCUT2D eigenvalue weighted by Crippen LogP contribution is 2.11. The van der Waals surface area contributed by atoms with Crippen LogP contribution in [0.4, 0.5) is 4.79 Å². The minimum atomic E-state index is -3.25. The van der Waals surface area contributed by atoms with Crippen molar-refractivity contribution in [1.82, 2.24) is 10.2 Å². The van der Waals surface area contributed by atoms with Crippen LogP contribution in [0.2, 0.25) is 0 Å². The minimum Gasteiger partial charge on any atom is -0.338 e. The Morgan fingerprint density at radius 1 is 1.05 bits per heavy atom. The first kappa shape index (κ1) is 16.8. The van der Waals surface area contributed by atoms with Crippen molar-refractivity contribution in [3.63, 3.8) is 0 Å². The molecule has 1 aromatic carbocycles. The SMILES string of the molecule is O=C(NCCCS(=O)(=O)c1ccccc1)N1CCCCCC1. The molecule has 1 saturated heterocycles. The van der Waals surface area contributed by atoms with Gasteiger partial charge in [-0.3, -0.25) is 0 Å². The van der Waals surface area contributed by atoms with Gasteiger partial charge in [-0.1, -0.05) is 31.0 Å². The topological polar surface area (TPSA) is 66.5 Å². The molecule has 0 aromatic heterocycles. The second-order valence-electron chi connectivity index (χ2n) is 5.62. The van der Waals surface area contributed by atoms with Crippen molar-refractivity contribution < 1.29 is 13.2 Å². The smallest absolute Gasteiger partial charge is 0.317 e. The third-order valence-corrected chi connectivity index (χ3v) is 5.68. The first-order valence-electron chi connectivity index (χ1n) is 7.90. The molecule has 1 fully saturated rings. The summed E-state index contributed by atoms with van der Waals surface area (Å²) in [5, 5.41) is 2.83. The van der Waals surface area contributed by atoms with E-state index in [9.17, 15) is 13.2 Å². The van der Waals surface area contributed by atoms with Crippen molar-refractivity contribution in [2.45, 2.75) is 37.0 Å². The molecule has 1 aromatic rings. The average molecular weight is 324 g/mol. The van der Waals surface area contributed by atoms with Crippen molar-refractivity contribution in [3.8, 4) is 0 Å². The number of urea groups is 1. The summed E-state index contributed by atoms with van der Waals surface area (Å²) in [6.07, 6.45) is 4.89. The normalized spacial score (nSPS) is 16.1. The van der Waals surface area contributed by atoms with E-state index in [1.54, 1.807) is 30.3 Å². The van der Waals surface area contributed by atoms with Gasteiger partial charge in [0, 0.05) is 19.6 Å². The highest BCUT2D eigenvalue weighted by atomic mass is 32.2. The zero-order chi connectivity index (χ0) is 15.8. The molecule has 0 radical (unpaired) electrons. The maximum Gasteiger partial charge on any atom is 0.317 e. The van der Waals surface area contributed by atoms with Gasteiger partial charge in [0.05, 0.1) is 10.6 Å². The molecule has 0 unspecified atom stereocenters. The Morgan fingerprint density at radius 2 is 1.68 bits per heavy atom. The zero-order valence-corrected chi connectivity index (χ0v) is 13.6. The maximum absolute atomic E-state index is 12.1. The predicted molar refractivity (Wildman–Crippen MR) is 86.6 cm³/mol. The molecule has 0 aliphatic carbocycles. The number of amides is 2. The molecule has 0 saturated carbocycles. The number of rotatable bonds is 5. The van der Waals surface area contributed by atoms with Gasteiger partial charge in [0.1, 0.15) is 0 Å². The van der Waals surface area contributed by atoms with E-state index < -0.39 is 9.84 Å². The monoisotopic (exact) mass is 324 g/mol. The summed E-state index contributed by atoms with van der Waals surface area (Å²) in [6, 6.07) is 8.36. The van der Waals surface area contributed by atoms with Gasteiger partial charge >= 0.3 is 6.03 Å². The number of nitrogens with zero attached hydrogens (tertiary/aromatic N) is 1. The number of hydrogen-bond donors (Lipinski definition) is 1. The van der Waals surface area contributed by atoms with Gasteiger partial charge in [-0.2, -0.15) is 0 Å². The van der Waals surface area contributed by atoms with Crippen molar-refractivity contribution in [2.24, 2.45) is 0 Å². The fourth-order valence-corrected chi connectivity index (χ4v) is 3.92. The van der Waals surface area contributed by atoms with E-state index in [1.807, 2.05) is 4.90 Å². The molecule has 1 aliphatic rings. The van der Waals surface area contributed by atoms with Crippen LogP contribution in [0.25, 0.3) is 0 Å². The standard InChI is InChI=1S/C16H24N2O3S/c19-16(18-12-6-1-2-7-13-18)17-11-8-14-22(20,21)15-9-4-3-5-10-15/h3-5,9-10H,1-2,6-8,11-14H2,(H,17,19). The molecule has 122 valence electrons. The quantitative estimate of drug-likeness (QED) is 0.846. The van der Waals surface area contributed by atoms with Gasteiger partial charge in [0.2, 0.25) is 0 Å². The van der Waals surface area contributed by atoms with Crippen LogP contribution in [-0.4, -0.2) is 44.7 Å². The molecule has 0 spiro atoms. The summed E-state index contributed by atoms with van der Waals surface area (Å²) < 4.78 is 24.2. The molecular weight excluding hydrogens is 300 g/mol. The number of carbonyl (C=O) groups is 1. The van der Waals surface area contributed by atoms with E-state index in [4.69, 9.17) is 0 Å². The van der Waals surface area contributed by atoms with Gasteiger partial charge in [-0.25, -0.2) is 13.2 Å². The third kappa shape index (κ3) is 5.02. The van der Waals surface area contributed by atoms with Crippen LogP contribution in [0.3, 0.4) is 0 Å². The molecule has 2 rings (SSSR count). The Labute approximate surface area is 132 Å². The molecule has 1 heterocycles. The fraction of sp³-hybridized carbons (Fsp3) is 0.562. The van der Waals surface area contributed by atoms with Crippen molar-refractivity contribution in [1.29, 1.82) is 0 Å². The van der Waals surface area contributed by atoms with Crippen molar-refractivity contribution >= 4 is 15.9 Å². The summed E-state index contributed by atoms with van der Waals surface area (Å²) in [5.41, 5.74) is 0. The van der Waals surface area contributed by atoms with E-state index in [-0.39, 0.29) is 11.8 Å². The lowest BCUT2D eigenvalue weighted by Crippen LogP contribution is -2.41. The summed E-state index contributed by atoms with van der Waals surface area (Å²) in [4.78, 5) is 14.2. The highest BCUT2D eigenvalue weighted by molar-refractivity contribution is 7.91. The second-order valence-corrected chi connectivity index (χ2v) is 7.73. The van der Waals surface area contributed by atoms with Crippen molar-refractivity contribution in [3.05, 3.63) is 30.3 Å². The van der Waals surface area contributed by atoms with Crippen LogP contribution in [0, 0.1) is 0 Å². The van der Waals surface area contributed by atoms with Gasteiger partial charge in [0.25, 0.3) is 0 Å². The van der Waals surface area contributed by atoms with Crippen molar-refractivity contribution in [2.75, 3.05) is 25.4 Å². The predicted octanol–water partition coefficient (Wildman–Crippen LogP) is 2.44. The van der Waals surface area contributed by atoms with E-state index >= 15 is 0 Å². The molecule has 22 heavy (non-hydrogen) atoms. The van der Waals surface area contributed by atoms with E-state index in [2.05, 4.69) is 5.32 Å². The highest BCUT2D eigenvalue weighted by Gasteiger charge is 2.16. The Balaban J connectivity index is 1.73. The van der Waals surface area contributed by atoms with E-state index in [1.165, 1.54) is 12.8 Å². The van der Waals surface area contributed by atoms with Gasteiger partial charge in [-0.05, 0) is 31.4 Å². The largest absolute Gasteiger partial charge is 0.338 e. The lowest BCUT2D eigenvalue weighted by Gasteiger charge is -2.20. The zero-order valence-electron chi connectivity index (χ0n) is 12.8. The Bertz CT molecular complexity index is 564. The molecular formula is C16H24N2O3S. The maximum atomic E-state index is 12.1. The number of nitrogens with one attached hydrogen (secondary N) is 1. The van der Waals surface area contributed by atoms with E-state index in [0.29, 0.717) is 17.9 Å². The Kier molecular flexibility index (Phi) is 6.24. The molecule has 2 amide bonds. The number of benzene rings is 1. The number of sulfone groups is 1. The summed E-state index contributed by atoms with van der Waals surface area (Å²) in [7, 11) is -3.25. The van der Waals surface area contributed by atoms with Gasteiger partial charge in [0.15, 0.2) is 9.84 Å². The number of hydrogen-bond acceptors (Lipinski definition) is 3. The van der Waals surface area contributed by atoms with E-state index in [0.717, 1.165) is 25.9 Å². The van der Waals surface area contributed by atoms with Crippen LogP contribution < -0.4 is 5.32 Å². The minimum absolute atomic E-state index is 0.0529. The number of carbonyl (C=O) groups excluding carboxylic acids is 1. The third-order valence-electron chi connectivity index (χ3n) is 3.86. The average Bonchev–Trinajstić information content (AvgIpc) is 2.81. The Morgan fingerprint density at radius 3 is 2.32 bits per heavy atom. The van der Waals surface area contributed by atoms with Crippen LogP contribution in [0.5, 0.6) is 0 Å². The summed E-state index contributed by atoms with van der Waals surface area (Å²) >= 11 is 0. The van der Waals surface area contributed by atoms with Gasteiger partial charge < -0.3 is 10.2 Å². The Hall–Kier alpha value is -1.56. The summed E-state index contributed by atoms with van der Waals surface area (Å²) in [5.74, 6) is 0.0529. The molecule has 1 aliphatic heterocycles. The lowest BCUT2D eigenvalue weighted by atomic mass is 10.2. The summed E-state index contributed by atoms with van der Waals surface area (Å²) in [6.45, 7) is 1.99.